The maximum atomic E-state index is 4.02. The SMILES string of the molecule is CC(C)c1cccc(C(C)C)c1N1[C]C(c2ccccc2)=[N+](c2c(C(C)C)cccc2C(C)C)C1c1ccccc1. The van der Waals surface area contributed by atoms with Gasteiger partial charge in [-0.15, -0.1) is 0 Å². The fourth-order valence-electron chi connectivity index (χ4n) is 6.18. The van der Waals surface area contributed by atoms with Gasteiger partial charge in [-0.2, -0.15) is 4.58 Å². The van der Waals surface area contributed by atoms with Gasteiger partial charge in [-0.1, -0.05) is 140 Å². The van der Waals surface area contributed by atoms with E-state index in [1.54, 1.807) is 0 Å². The fourth-order valence-corrected chi connectivity index (χ4v) is 6.18. The molecule has 1 aliphatic rings. The number of hydrogen-bond acceptors (Lipinski definition) is 1. The Labute approximate surface area is 248 Å². The maximum absolute atomic E-state index is 4.02. The lowest BCUT2D eigenvalue weighted by molar-refractivity contribution is -0.482. The van der Waals surface area contributed by atoms with Crippen LogP contribution in [0.1, 0.15) is 119 Å². The van der Waals surface area contributed by atoms with Crippen molar-refractivity contribution < 1.29 is 4.58 Å². The van der Waals surface area contributed by atoms with Crippen molar-refractivity contribution in [2.75, 3.05) is 4.90 Å². The number of anilines is 1. The summed E-state index contributed by atoms with van der Waals surface area (Å²) in [6.45, 7) is 22.5. The summed E-state index contributed by atoms with van der Waals surface area (Å²) >= 11 is 0. The van der Waals surface area contributed by atoms with Gasteiger partial charge in [0.25, 0.3) is 6.17 Å². The molecule has 0 N–H and O–H groups in total. The third-order valence-corrected chi connectivity index (χ3v) is 8.27. The van der Waals surface area contributed by atoms with Crippen LogP contribution in [-0.2, 0) is 0 Å². The van der Waals surface area contributed by atoms with Gasteiger partial charge in [-0.25, -0.2) is 0 Å². The van der Waals surface area contributed by atoms with E-state index < -0.39 is 0 Å². The van der Waals surface area contributed by atoms with E-state index in [1.807, 2.05) is 0 Å². The van der Waals surface area contributed by atoms with Crippen molar-refractivity contribution in [3.8, 4) is 0 Å². The molecule has 2 heteroatoms. The second kappa shape index (κ2) is 12.1. The normalized spacial score (nSPS) is 15.7. The van der Waals surface area contributed by atoms with Gasteiger partial charge in [0.1, 0.15) is 0 Å². The molecule has 2 nitrogen and oxygen atoms in total. The lowest BCUT2D eigenvalue weighted by Gasteiger charge is -2.30. The predicted octanol–water partition coefficient (Wildman–Crippen LogP) is 10.6. The highest BCUT2D eigenvalue weighted by Crippen LogP contribution is 2.48. The van der Waals surface area contributed by atoms with Crippen molar-refractivity contribution in [2.24, 2.45) is 0 Å². The number of benzene rings is 4. The third-order valence-electron chi connectivity index (χ3n) is 8.27. The first-order valence-electron chi connectivity index (χ1n) is 15.3. The van der Waals surface area contributed by atoms with Crippen LogP contribution in [0.2, 0.25) is 0 Å². The Bertz CT molecular complexity index is 1460. The van der Waals surface area contributed by atoms with E-state index >= 15 is 0 Å². The monoisotopic (exact) mass is 541 g/mol. The first-order valence-corrected chi connectivity index (χ1v) is 15.3. The molecule has 0 saturated heterocycles. The molecule has 5 rings (SSSR count). The van der Waals surface area contributed by atoms with Gasteiger partial charge >= 0.3 is 0 Å². The van der Waals surface area contributed by atoms with E-state index in [0.717, 1.165) is 5.71 Å². The molecule has 1 unspecified atom stereocenters. The van der Waals surface area contributed by atoms with E-state index in [2.05, 4.69) is 168 Å². The van der Waals surface area contributed by atoms with E-state index in [4.69, 9.17) is 0 Å². The standard InChI is InChI=1S/C39H45N2/c1-26(2)32-21-15-22-33(27(3)4)37(32)40-25-36(30-17-11-9-12-18-30)41(39(40)31-19-13-10-14-20-31)38-34(28(5)6)23-16-24-35(38)29(7)8/h9-24,26-29,39H,1-8H3/q+1. The Balaban J connectivity index is 1.91. The van der Waals surface area contributed by atoms with E-state index in [9.17, 15) is 0 Å². The number of rotatable bonds is 8. The Hall–Kier alpha value is -3.65. The fraction of sp³-hybridized carbons (Fsp3) is 0.333. The van der Waals surface area contributed by atoms with Gasteiger partial charge in [0, 0.05) is 22.3 Å². The van der Waals surface area contributed by atoms with Crippen molar-refractivity contribution in [1.29, 1.82) is 0 Å². The highest BCUT2D eigenvalue weighted by Gasteiger charge is 2.47. The number of para-hydroxylation sites is 2. The number of hydrogen-bond donors (Lipinski definition) is 0. The van der Waals surface area contributed by atoms with Crippen LogP contribution in [0, 0.1) is 6.54 Å². The van der Waals surface area contributed by atoms with Gasteiger partial charge in [0.05, 0.1) is 5.69 Å². The van der Waals surface area contributed by atoms with Gasteiger partial charge in [-0.3, -0.25) is 4.90 Å². The van der Waals surface area contributed by atoms with Gasteiger partial charge in [0.15, 0.2) is 0 Å². The Morgan fingerprint density at radius 1 is 0.537 bits per heavy atom. The van der Waals surface area contributed by atoms with Gasteiger partial charge < -0.3 is 0 Å². The third kappa shape index (κ3) is 5.49. The maximum Gasteiger partial charge on any atom is 0.262 e. The molecular weight excluding hydrogens is 496 g/mol. The second-order valence-corrected chi connectivity index (χ2v) is 12.5. The van der Waals surface area contributed by atoms with Crippen LogP contribution < -0.4 is 4.90 Å². The minimum Gasteiger partial charge on any atom is -0.288 e. The van der Waals surface area contributed by atoms with E-state index in [0.29, 0.717) is 23.7 Å². The molecule has 210 valence electrons. The average Bonchev–Trinajstić information content (AvgIpc) is 3.37. The van der Waals surface area contributed by atoms with Crippen LogP contribution in [0.3, 0.4) is 0 Å². The lowest BCUT2D eigenvalue weighted by atomic mass is 9.90. The van der Waals surface area contributed by atoms with Crippen molar-refractivity contribution in [1.82, 2.24) is 0 Å². The molecule has 0 aliphatic carbocycles. The van der Waals surface area contributed by atoms with Crippen molar-refractivity contribution in [3.05, 3.63) is 137 Å². The molecule has 0 fully saturated rings. The zero-order valence-corrected chi connectivity index (χ0v) is 26.0. The number of nitrogens with zero attached hydrogens (tertiary/aromatic N) is 2. The summed E-state index contributed by atoms with van der Waals surface area (Å²) in [5.41, 5.74) is 11.6. The highest BCUT2D eigenvalue weighted by molar-refractivity contribution is 6.07. The minimum atomic E-state index is -0.0822. The van der Waals surface area contributed by atoms with Crippen LogP contribution in [-0.4, -0.2) is 10.3 Å². The van der Waals surface area contributed by atoms with Crippen LogP contribution in [0.15, 0.2) is 97.1 Å². The summed E-state index contributed by atoms with van der Waals surface area (Å²) in [5, 5.41) is 0. The molecule has 1 aliphatic heterocycles. The summed E-state index contributed by atoms with van der Waals surface area (Å²) in [6.07, 6.45) is -0.0822. The molecule has 1 heterocycles. The predicted molar refractivity (Wildman–Crippen MR) is 175 cm³/mol. The molecular formula is C39H45N2+. The molecule has 0 spiro atoms. The van der Waals surface area contributed by atoms with Crippen LogP contribution >= 0.6 is 0 Å². The summed E-state index contributed by atoms with van der Waals surface area (Å²) in [6, 6.07) is 35.6. The molecule has 0 aromatic heterocycles. The Morgan fingerprint density at radius 3 is 1.44 bits per heavy atom. The van der Waals surface area contributed by atoms with Gasteiger partial charge in [-0.05, 0) is 46.9 Å². The minimum absolute atomic E-state index is 0.0822. The smallest absolute Gasteiger partial charge is 0.262 e. The lowest BCUT2D eigenvalue weighted by Crippen LogP contribution is -2.29. The second-order valence-electron chi connectivity index (χ2n) is 12.5. The summed E-state index contributed by atoms with van der Waals surface area (Å²) < 4.78 is 2.59. The van der Waals surface area contributed by atoms with E-state index in [1.165, 1.54) is 44.8 Å². The van der Waals surface area contributed by atoms with Crippen LogP contribution in [0.5, 0.6) is 0 Å². The summed E-state index contributed by atoms with van der Waals surface area (Å²) in [5.74, 6) is 1.51. The molecule has 4 aromatic rings. The molecule has 0 amide bonds. The molecule has 4 aromatic carbocycles. The largest absolute Gasteiger partial charge is 0.288 e. The Kier molecular flexibility index (Phi) is 8.50. The highest BCUT2D eigenvalue weighted by atomic mass is 15.4. The first kappa shape index (κ1) is 28.9. The van der Waals surface area contributed by atoms with Crippen LogP contribution in [0.25, 0.3) is 0 Å². The molecule has 0 saturated carbocycles. The first-order chi connectivity index (χ1) is 19.7. The molecule has 2 radical (unpaired) electrons. The van der Waals surface area contributed by atoms with Gasteiger partial charge in [0.2, 0.25) is 17.9 Å². The molecule has 0 bridgehead atoms. The van der Waals surface area contributed by atoms with Crippen molar-refractivity contribution in [2.45, 2.75) is 85.2 Å². The summed E-state index contributed by atoms with van der Waals surface area (Å²) in [7, 11) is 0. The topological polar surface area (TPSA) is 6.25 Å². The zero-order valence-electron chi connectivity index (χ0n) is 26.0. The van der Waals surface area contributed by atoms with E-state index in [-0.39, 0.29) is 6.17 Å². The van der Waals surface area contributed by atoms with Crippen molar-refractivity contribution in [3.63, 3.8) is 0 Å². The molecule has 41 heavy (non-hydrogen) atoms. The molecule has 1 atom stereocenters. The quantitative estimate of drug-likeness (QED) is 0.201. The van der Waals surface area contributed by atoms with Crippen molar-refractivity contribution >= 4 is 17.1 Å². The average molecular weight is 542 g/mol. The summed E-state index contributed by atoms with van der Waals surface area (Å²) in [4.78, 5) is 2.46. The zero-order chi connectivity index (χ0) is 29.3. The van der Waals surface area contributed by atoms with Crippen LogP contribution in [0.4, 0.5) is 11.4 Å². The Morgan fingerprint density at radius 2 is 0.976 bits per heavy atom.